The summed E-state index contributed by atoms with van der Waals surface area (Å²) in [5, 5.41) is 0. The number of benzene rings is 1. The highest BCUT2D eigenvalue weighted by atomic mass is 19.4. The minimum absolute atomic E-state index is 0.246. The molecule has 0 radical (unpaired) electrons. The third-order valence-corrected chi connectivity index (χ3v) is 3.78. The van der Waals surface area contributed by atoms with Gasteiger partial charge >= 0.3 is 12.0 Å². The predicted octanol–water partition coefficient (Wildman–Crippen LogP) is 1.68. The van der Waals surface area contributed by atoms with Crippen LogP contribution in [-0.2, 0) is 19.6 Å². The van der Waals surface area contributed by atoms with Crippen molar-refractivity contribution in [1.82, 2.24) is 14.5 Å². The van der Waals surface area contributed by atoms with Crippen molar-refractivity contribution in [3.8, 4) is 11.4 Å². The van der Waals surface area contributed by atoms with Gasteiger partial charge in [0.05, 0.1) is 6.20 Å². The van der Waals surface area contributed by atoms with E-state index in [4.69, 9.17) is 11.6 Å². The minimum Gasteiger partial charge on any atom is -0.333 e. The van der Waals surface area contributed by atoms with Gasteiger partial charge in [-0.25, -0.2) is 9.97 Å². The Morgan fingerprint density at radius 2 is 1.88 bits per heavy atom. The van der Waals surface area contributed by atoms with Crippen LogP contribution in [0.25, 0.3) is 11.4 Å². The zero-order valence-corrected chi connectivity index (χ0v) is 13.3. The normalized spacial score (nSPS) is 11.7. The summed E-state index contributed by atoms with van der Waals surface area (Å²) in [6.07, 6.45) is 0.0499. The number of anilines is 1. The number of alkyl halides is 3. The number of halogens is 3. The van der Waals surface area contributed by atoms with Gasteiger partial charge in [0, 0.05) is 25.2 Å². The van der Waals surface area contributed by atoms with Gasteiger partial charge in [-0.05, 0) is 5.56 Å². The topological polar surface area (TPSA) is 86.6 Å². The second kappa shape index (κ2) is 6.08. The van der Waals surface area contributed by atoms with Crippen LogP contribution >= 0.6 is 0 Å². The van der Waals surface area contributed by atoms with E-state index in [1.807, 2.05) is 0 Å². The van der Waals surface area contributed by atoms with E-state index in [9.17, 15) is 13.2 Å². The van der Waals surface area contributed by atoms with Crippen LogP contribution in [0.2, 0.25) is 0 Å². The maximum Gasteiger partial charge on any atom is 0.434 e. The second-order valence-electron chi connectivity index (χ2n) is 5.60. The molecule has 2 aromatic heterocycles. The number of rotatable bonds is 3. The highest BCUT2D eigenvalue weighted by Crippen LogP contribution is 2.30. The molecule has 6 nitrogen and oxygen atoms in total. The van der Waals surface area contributed by atoms with Crippen molar-refractivity contribution in [2.24, 2.45) is 7.05 Å². The monoisotopic (exact) mass is 349 g/mol. The summed E-state index contributed by atoms with van der Waals surface area (Å²) in [5.74, 6) is 6.28. The molecule has 0 bridgehead atoms. The van der Waals surface area contributed by atoms with Crippen LogP contribution in [0.15, 0.2) is 42.9 Å². The van der Waals surface area contributed by atoms with E-state index in [2.05, 4.69) is 9.97 Å². The molecule has 0 spiro atoms. The second-order valence-corrected chi connectivity index (χ2v) is 5.60. The SMILES string of the molecule is Cn1cc(C(F)(F)F)nc1-c1ccc(Cc2ncc[n+](N)c2N)cc1. The van der Waals surface area contributed by atoms with Gasteiger partial charge in [0.15, 0.2) is 5.69 Å². The molecule has 0 aliphatic rings. The Labute approximate surface area is 141 Å². The molecule has 3 aromatic rings. The van der Waals surface area contributed by atoms with Crippen LogP contribution in [0.1, 0.15) is 17.0 Å². The number of aryl methyl sites for hydroxylation is 1. The lowest BCUT2D eigenvalue weighted by Gasteiger charge is -2.05. The third kappa shape index (κ3) is 3.39. The number of hydrogen-bond donors (Lipinski definition) is 2. The first-order valence-corrected chi connectivity index (χ1v) is 7.35. The standard InChI is InChI=1S/C16H15F3N6/c1-24-9-13(16(17,18)19)23-15(24)11-4-2-10(3-5-11)8-12-14(20)25(21)7-6-22-12/h2-7,9,20H,8,21H2,1H3/p+1. The fraction of sp³-hybridized carbons (Fsp3) is 0.188. The Kier molecular flexibility index (Phi) is 4.07. The molecule has 130 valence electrons. The van der Waals surface area contributed by atoms with Gasteiger partial charge in [-0.1, -0.05) is 24.3 Å². The lowest BCUT2D eigenvalue weighted by atomic mass is 10.1. The smallest absolute Gasteiger partial charge is 0.333 e. The van der Waals surface area contributed by atoms with E-state index in [0.717, 1.165) is 11.8 Å². The van der Waals surface area contributed by atoms with Crippen molar-refractivity contribution >= 4 is 5.82 Å². The van der Waals surface area contributed by atoms with Crippen LogP contribution in [0.5, 0.6) is 0 Å². The molecule has 0 amide bonds. The summed E-state index contributed by atoms with van der Waals surface area (Å²) in [4.78, 5) is 7.87. The first-order chi connectivity index (χ1) is 11.8. The Hall–Kier alpha value is -3.10. The van der Waals surface area contributed by atoms with E-state index in [0.29, 0.717) is 23.5 Å². The Morgan fingerprint density at radius 1 is 1.20 bits per heavy atom. The summed E-state index contributed by atoms with van der Waals surface area (Å²) in [7, 11) is 1.53. The zero-order valence-electron chi connectivity index (χ0n) is 13.3. The van der Waals surface area contributed by atoms with Gasteiger partial charge < -0.3 is 4.57 Å². The van der Waals surface area contributed by atoms with Gasteiger partial charge in [-0.2, -0.15) is 13.2 Å². The van der Waals surface area contributed by atoms with Crippen LogP contribution in [0.4, 0.5) is 19.0 Å². The summed E-state index contributed by atoms with van der Waals surface area (Å²) in [6, 6.07) is 7.03. The Balaban J connectivity index is 1.86. The summed E-state index contributed by atoms with van der Waals surface area (Å²) < 4.78 is 40.9. The minimum atomic E-state index is -4.47. The van der Waals surface area contributed by atoms with Crippen molar-refractivity contribution in [2.45, 2.75) is 12.6 Å². The summed E-state index contributed by atoms with van der Waals surface area (Å²) >= 11 is 0. The molecule has 0 atom stereocenters. The van der Waals surface area contributed by atoms with Gasteiger partial charge in [0.25, 0.3) is 0 Å². The number of nitrogens with zero attached hydrogens (tertiary/aromatic N) is 4. The Bertz CT molecular complexity index is 899. The highest BCUT2D eigenvalue weighted by Gasteiger charge is 2.34. The molecule has 0 unspecified atom stereocenters. The third-order valence-electron chi connectivity index (χ3n) is 3.78. The molecule has 25 heavy (non-hydrogen) atoms. The molecule has 1 aromatic carbocycles. The quantitative estimate of drug-likeness (QED) is 0.556. The summed E-state index contributed by atoms with van der Waals surface area (Å²) in [6.45, 7) is 0. The molecule has 4 N–H and O–H groups in total. The van der Waals surface area contributed by atoms with E-state index >= 15 is 0 Å². The van der Waals surface area contributed by atoms with Crippen molar-refractivity contribution in [3.05, 3.63) is 59.8 Å². The number of nitrogen functional groups attached to an aromatic ring is 2. The van der Waals surface area contributed by atoms with E-state index in [1.54, 1.807) is 36.7 Å². The molecule has 0 aliphatic carbocycles. The zero-order chi connectivity index (χ0) is 18.2. The molecular weight excluding hydrogens is 333 g/mol. The van der Waals surface area contributed by atoms with E-state index in [1.165, 1.54) is 16.3 Å². The van der Waals surface area contributed by atoms with Gasteiger partial charge in [0.2, 0.25) is 0 Å². The molecule has 3 rings (SSSR count). The van der Waals surface area contributed by atoms with Crippen LogP contribution in [0.3, 0.4) is 0 Å². The summed E-state index contributed by atoms with van der Waals surface area (Å²) in [5.41, 5.74) is 7.07. The molecule has 9 heteroatoms. The van der Waals surface area contributed by atoms with Gasteiger partial charge in [-0.3, -0.25) is 11.6 Å². The first kappa shape index (κ1) is 16.7. The van der Waals surface area contributed by atoms with Gasteiger partial charge in [0.1, 0.15) is 17.7 Å². The van der Waals surface area contributed by atoms with Crippen LogP contribution in [0, 0.1) is 0 Å². The lowest BCUT2D eigenvalue weighted by Crippen LogP contribution is -2.47. The number of imidazole rings is 1. The van der Waals surface area contributed by atoms with Crippen molar-refractivity contribution < 1.29 is 17.8 Å². The maximum absolute atomic E-state index is 12.8. The Morgan fingerprint density at radius 3 is 2.48 bits per heavy atom. The highest BCUT2D eigenvalue weighted by molar-refractivity contribution is 5.57. The molecule has 0 aliphatic heterocycles. The van der Waals surface area contributed by atoms with Crippen molar-refractivity contribution in [2.75, 3.05) is 11.6 Å². The number of hydrogen-bond acceptors (Lipinski definition) is 4. The molecule has 2 heterocycles. The molecule has 0 saturated heterocycles. The molecule has 0 fully saturated rings. The average Bonchev–Trinajstić information content (AvgIpc) is 2.95. The number of nitrogens with two attached hydrogens (primary N) is 2. The molecule has 0 saturated carbocycles. The predicted molar refractivity (Wildman–Crippen MR) is 85.4 cm³/mol. The lowest BCUT2D eigenvalue weighted by molar-refractivity contribution is -0.624. The van der Waals surface area contributed by atoms with Crippen molar-refractivity contribution in [1.29, 1.82) is 0 Å². The molecular formula is C16H16F3N6+. The largest absolute Gasteiger partial charge is 0.434 e. The van der Waals surface area contributed by atoms with Crippen LogP contribution < -0.4 is 16.3 Å². The van der Waals surface area contributed by atoms with Crippen molar-refractivity contribution in [3.63, 3.8) is 0 Å². The fourth-order valence-electron chi connectivity index (χ4n) is 2.46. The van der Waals surface area contributed by atoms with E-state index in [-0.39, 0.29) is 5.82 Å². The first-order valence-electron chi connectivity index (χ1n) is 7.35. The maximum atomic E-state index is 12.8. The van der Waals surface area contributed by atoms with E-state index < -0.39 is 11.9 Å². The van der Waals surface area contributed by atoms with Gasteiger partial charge in [-0.15, -0.1) is 4.68 Å². The fourth-order valence-corrected chi connectivity index (χ4v) is 2.46. The number of aromatic nitrogens is 4. The average molecular weight is 349 g/mol. The van der Waals surface area contributed by atoms with Crippen LogP contribution in [-0.4, -0.2) is 14.5 Å².